The first-order valence-electron chi connectivity index (χ1n) is 5.30. The summed E-state index contributed by atoms with van der Waals surface area (Å²) in [4.78, 5) is 4.34. The molecule has 1 aromatic rings. The van der Waals surface area contributed by atoms with E-state index < -0.39 is 0 Å². The van der Waals surface area contributed by atoms with Gasteiger partial charge in [-0.1, -0.05) is 12.2 Å². The Labute approximate surface area is 96.0 Å². The lowest BCUT2D eigenvalue weighted by atomic mass is 10.2. The first-order chi connectivity index (χ1) is 7.72. The zero-order valence-electron chi connectivity index (χ0n) is 9.49. The molecule has 0 heterocycles. The molecule has 0 spiro atoms. The van der Waals surface area contributed by atoms with Gasteiger partial charge in [0.2, 0.25) is 0 Å². The molecule has 16 heavy (non-hydrogen) atoms. The molecule has 0 aliphatic heterocycles. The number of aliphatic imine (C=N–C) groups is 1. The predicted octanol–water partition coefficient (Wildman–Crippen LogP) is 4.44. The molecule has 0 N–H and O–H groups in total. The Kier molecular flexibility index (Phi) is 5.20. The van der Waals surface area contributed by atoms with Gasteiger partial charge in [0.05, 0.1) is 5.69 Å². The van der Waals surface area contributed by atoms with Gasteiger partial charge in [-0.15, -0.1) is 6.58 Å². The molecule has 0 radical (unpaired) electrons. The average Bonchev–Trinajstić information content (AvgIpc) is 2.28. The Morgan fingerprint density at radius 2 is 2.00 bits per heavy atom. The summed E-state index contributed by atoms with van der Waals surface area (Å²) in [5.74, 6) is -0.238. The monoisotopic (exact) mass is 217 g/mol. The van der Waals surface area contributed by atoms with Crippen molar-refractivity contribution >= 4 is 11.4 Å². The number of benzene rings is 1. The van der Waals surface area contributed by atoms with Crippen LogP contribution in [0.25, 0.3) is 0 Å². The smallest absolute Gasteiger partial charge is 0.123 e. The summed E-state index contributed by atoms with van der Waals surface area (Å²) < 4.78 is 12.6. The van der Waals surface area contributed by atoms with Crippen LogP contribution in [0.4, 0.5) is 10.1 Å². The predicted molar refractivity (Wildman–Crippen MR) is 67.7 cm³/mol. The van der Waals surface area contributed by atoms with Gasteiger partial charge in [-0.3, -0.25) is 4.99 Å². The molecular weight excluding hydrogens is 201 g/mol. The lowest BCUT2D eigenvalue weighted by Gasteiger charge is -1.95. The number of allylic oxidation sites excluding steroid dienone is 3. The van der Waals surface area contributed by atoms with E-state index in [9.17, 15) is 4.39 Å². The summed E-state index contributed by atoms with van der Waals surface area (Å²) in [7, 11) is 0. The molecule has 1 nitrogen and oxygen atoms in total. The largest absolute Gasteiger partial charge is 0.254 e. The molecule has 1 rings (SSSR count). The van der Waals surface area contributed by atoms with Crippen molar-refractivity contribution in [3.8, 4) is 0 Å². The summed E-state index contributed by atoms with van der Waals surface area (Å²) in [6.07, 6.45) is 7.85. The topological polar surface area (TPSA) is 12.4 Å². The van der Waals surface area contributed by atoms with Crippen LogP contribution in [0.5, 0.6) is 0 Å². The minimum atomic E-state index is -0.238. The van der Waals surface area contributed by atoms with Crippen LogP contribution in [0, 0.1) is 5.82 Å². The average molecular weight is 217 g/mol. The number of rotatable bonds is 5. The second kappa shape index (κ2) is 6.72. The second-order valence-corrected chi connectivity index (χ2v) is 3.50. The second-order valence-electron chi connectivity index (χ2n) is 3.50. The zero-order chi connectivity index (χ0) is 11.8. The Bertz CT molecular complexity index is 388. The highest BCUT2D eigenvalue weighted by atomic mass is 19.1. The molecule has 1 aromatic carbocycles. The number of hydrogen-bond acceptors (Lipinski definition) is 1. The quantitative estimate of drug-likeness (QED) is 0.393. The van der Waals surface area contributed by atoms with Gasteiger partial charge in [0.25, 0.3) is 0 Å². The summed E-state index contributed by atoms with van der Waals surface area (Å²) in [5, 5.41) is 0. The molecule has 2 heteroatoms. The van der Waals surface area contributed by atoms with E-state index in [1.165, 1.54) is 12.1 Å². The standard InChI is InChI=1S/C14H16FN/c1-3-4-5-6-7-12(2)16-14-10-8-13(15)9-11-14/h3,6-11H,1,4-5H2,2H3/b7-6-,16-12?. The van der Waals surface area contributed by atoms with Crippen molar-refractivity contribution in [1.29, 1.82) is 0 Å². The van der Waals surface area contributed by atoms with E-state index in [0.29, 0.717) is 0 Å². The van der Waals surface area contributed by atoms with E-state index in [4.69, 9.17) is 0 Å². The number of halogens is 1. The first-order valence-corrected chi connectivity index (χ1v) is 5.30. The van der Waals surface area contributed by atoms with Crippen LogP contribution in [0.1, 0.15) is 19.8 Å². The lowest BCUT2D eigenvalue weighted by Crippen LogP contribution is -1.83. The van der Waals surface area contributed by atoms with Gasteiger partial charge < -0.3 is 0 Å². The molecule has 84 valence electrons. The summed E-state index contributed by atoms with van der Waals surface area (Å²) in [6.45, 7) is 5.58. The third-order valence-electron chi connectivity index (χ3n) is 2.03. The molecular formula is C14H16FN. The van der Waals surface area contributed by atoms with Gasteiger partial charge in [-0.25, -0.2) is 4.39 Å². The lowest BCUT2D eigenvalue weighted by molar-refractivity contribution is 0.628. The molecule has 0 aliphatic rings. The highest BCUT2D eigenvalue weighted by molar-refractivity contribution is 5.94. The van der Waals surface area contributed by atoms with Crippen molar-refractivity contribution < 1.29 is 4.39 Å². The van der Waals surface area contributed by atoms with Crippen LogP contribution >= 0.6 is 0 Å². The van der Waals surface area contributed by atoms with Crippen LogP contribution in [-0.4, -0.2) is 5.71 Å². The molecule has 0 bridgehead atoms. The minimum Gasteiger partial charge on any atom is -0.254 e. The van der Waals surface area contributed by atoms with E-state index in [1.807, 2.05) is 19.1 Å². The van der Waals surface area contributed by atoms with Crippen LogP contribution in [0.3, 0.4) is 0 Å². The van der Waals surface area contributed by atoms with E-state index in [1.54, 1.807) is 12.1 Å². The fourth-order valence-corrected chi connectivity index (χ4v) is 1.22. The molecule has 0 fully saturated rings. The van der Waals surface area contributed by atoms with Crippen LogP contribution < -0.4 is 0 Å². The Morgan fingerprint density at radius 3 is 2.62 bits per heavy atom. The third kappa shape index (κ3) is 4.69. The van der Waals surface area contributed by atoms with Crippen molar-refractivity contribution in [1.82, 2.24) is 0 Å². The van der Waals surface area contributed by atoms with E-state index >= 15 is 0 Å². The maximum atomic E-state index is 12.6. The molecule has 0 aliphatic carbocycles. The Balaban J connectivity index is 2.58. The third-order valence-corrected chi connectivity index (χ3v) is 2.03. The van der Waals surface area contributed by atoms with Crippen molar-refractivity contribution in [2.24, 2.45) is 4.99 Å². The van der Waals surface area contributed by atoms with Gasteiger partial charge in [-0.05, 0) is 50.1 Å². The Hall–Kier alpha value is -1.70. The highest BCUT2D eigenvalue weighted by Gasteiger charge is 1.91. The summed E-state index contributed by atoms with van der Waals surface area (Å²) in [6, 6.07) is 6.15. The van der Waals surface area contributed by atoms with E-state index in [0.717, 1.165) is 24.2 Å². The van der Waals surface area contributed by atoms with Crippen molar-refractivity contribution in [3.63, 3.8) is 0 Å². The van der Waals surface area contributed by atoms with Crippen molar-refractivity contribution in [3.05, 3.63) is 54.9 Å². The van der Waals surface area contributed by atoms with Crippen LogP contribution in [-0.2, 0) is 0 Å². The highest BCUT2D eigenvalue weighted by Crippen LogP contribution is 2.12. The molecule has 0 atom stereocenters. The fourth-order valence-electron chi connectivity index (χ4n) is 1.22. The first kappa shape index (κ1) is 12.4. The Morgan fingerprint density at radius 1 is 1.31 bits per heavy atom. The molecule has 0 saturated heterocycles. The molecule has 0 aromatic heterocycles. The van der Waals surface area contributed by atoms with Crippen LogP contribution in [0.2, 0.25) is 0 Å². The van der Waals surface area contributed by atoms with Gasteiger partial charge >= 0.3 is 0 Å². The SMILES string of the molecule is C=CCC/C=C\C(C)=Nc1ccc(F)cc1. The number of hydrogen-bond donors (Lipinski definition) is 0. The number of nitrogens with zero attached hydrogens (tertiary/aromatic N) is 1. The van der Waals surface area contributed by atoms with E-state index in [2.05, 4.69) is 17.6 Å². The van der Waals surface area contributed by atoms with Gasteiger partial charge in [0, 0.05) is 5.71 Å². The van der Waals surface area contributed by atoms with E-state index in [-0.39, 0.29) is 5.82 Å². The maximum Gasteiger partial charge on any atom is 0.123 e. The summed E-state index contributed by atoms with van der Waals surface area (Å²) in [5.41, 5.74) is 1.68. The summed E-state index contributed by atoms with van der Waals surface area (Å²) >= 11 is 0. The maximum absolute atomic E-state index is 12.6. The molecule has 0 unspecified atom stereocenters. The molecule has 0 amide bonds. The van der Waals surface area contributed by atoms with Crippen molar-refractivity contribution in [2.45, 2.75) is 19.8 Å². The normalized spacial score (nSPS) is 12.0. The van der Waals surface area contributed by atoms with Crippen molar-refractivity contribution in [2.75, 3.05) is 0 Å². The van der Waals surface area contributed by atoms with Gasteiger partial charge in [-0.2, -0.15) is 0 Å². The van der Waals surface area contributed by atoms with Gasteiger partial charge in [0.15, 0.2) is 0 Å². The van der Waals surface area contributed by atoms with Crippen LogP contribution in [0.15, 0.2) is 54.1 Å². The fraction of sp³-hybridized carbons (Fsp3) is 0.214. The molecule has 0 saturated carbocycles. The van der Waals surface area contributed by atoms with Gasteiger partial charge in [0.1, 0.15) is 5.82 Å². The zero-order valence-corrected chi connectivity index (χ0v) is 9.49. The number of unbranched alkanes of at least 4 members (excludes halogenated alkanes) is 1. The minimum absolute atomic E-state index is 0.238.